The number of anilines is 1. The summed E-state index contributed by atoms with van der Waals surface area (Å²) in [7, 11) is 0. The number of H-pyrrole nitrogens is 1. The Kier molecular flexibility index (Phi) is 6.22. The summed E-state index contributed by atoms with van der Waals surface area (Å²) >= 11 is 0. The van der Waals surface area contributed by atoms with E-state index >= 15 is 0 Å². The van der Waals surface area contributed by atoms with Gasteiger partial charge in [-0.2, -0.15) is 20.2 Å². The van der Waals surface area contributed by atoms with E-state index in [1.165, 1.54) is 48.9 Å². The van der Waals surface area contributed by atoms with Crippen molar-refractivity contribution < 1.29 is 15.0 Å². The SMILES string of the molecule is N#Cc1cnn(-c2ncccn2)c1N=NC(C(=O)Nc1ccccc1O)c1nc2ccc(O)cc2[nH]c1=O. The number of aromatic amines is 1. The predicted octanol–water partition coefficient (Wildman–Crippen LogP) is 2.65. The van der Waals surface area contributed by atoms with Crippen LogP contribution >= 0.6 is 0 Å². The summed E-state index contributed by atoms with van der Waals surface area (Å²) in [6.45, 7) is 0. The summed E-state index contributed by atoms with van der Waals surface area (Å²) in [5.41, 5.74) is -0.493. The molecule has 0 bridgehead atoms. The summed E-state index contributed by atoms with van der Waals surface area (Å²) in [5, 5.41) is 44.1. The highest BCUT2D eigenvalue weighted by Crippen LogP contribution is 2.27. The maximum absolute atomic E-state index is 13.4. The molecule has 14 nitrogen and oxygen atoms in total. The van der Waals surface area contributed by atoms with Crippen LogP contribution in [0.15, 0.2) is 82.1 Å². The van der Waals surface area contributed by atoms with Gasteiger partial charge in [0.25, 0.3) is 17.4 Å². The summed E-state index contributed by atoms with van der Waals surface area (Å²) in [5.74, 6) is -1.12. The average molecular weight is 508 g/mol. The number of aromatic nitrogens is 6. The van der Waals surface area contributed by atoms with Gasteiger partial charge in [0.1, 0.15) is 28.8 Å². The summed E-state index contributed by atoms with van der Waals surface area (Å²) in [4.78, 5) is 41.3. The highest BCUT2D eigenvalue weighted by atomic mass is 16.3. The molecule has 3 heterocycles. The van der Waals surface area contributed by atoms with Gasteiger partial charge in [0.05, 0.1) is 22.9 Å². The van der Waals surface area contributed by atoms with Gasteiger partial charge in [-0.3, -0.25) is 9.59 Å². The van der Waals surface area contributed by atoms with Crippen molar-refractivity contribution in [3.8, 4) is 23.5 Å². The lowest BCUT2D eigenvalue weighted by Gasteiger charge is -2.13. The number of azo groups is 1. The smallest absolute Gasteiger partial charge is 0.273 e. The Bertz CT molecular complexity index is 1790. The zero-order chi connectivity index (χ0) is 26.6. The number of benzene rings is 2. The van der Waals surface area contributed by atoms with Crippen molar-refractivity contribution in [2.45, 2.75) is 6.04 Å². The first kappa shape index (κ1) is 23.8. The van der Waals surface area contributed by atoms with Crippen LogP contribution in [0.2, 0.25) is 0 Å². The van der Waals surface area contributed by atoms with Crippen LogP contribution in [0.1, 0.15) is 17.3 Å². The fourth-order valence-electron chi connectivity index (χ4n) is 3.46. The molecular weight excluding hydrogens is 492 g/mol. The second-order valence-electron chi connectivity index (χ2n) is 7.73. The van der Waals surface area contributed by atoms with Gasteiger partial charge in [-0.15, -0.1) is 5.11 Å². The topological polar surface area (TPSA) is 207 Å². The first-order valence-electron chi connectivity index (χ1n) is 10.9. The number of aromatic hydroxyl groups is 2. The van der Waals surface area contributed by atoms with Crippen molar-refractivity contribution in [3.63, 3.8) is 0 Å². The third-order valence-corrected chi connectivity index (χ3v) is 5.24. The molecule has 38 heavy (non-hydrogen) atoms. The van der Waals surface area contributed by atoms with E-state index in [0.717, 1.165) is 4.68 Å². The number of amides is 1. The minimum atomic E-state index is -1.62. The lowest BCUT2D eigenvalue weighted by atomic mass is 10.1. The fourth-order valence-corrected chi connectivity index (χ4v) is 3.46. The molecule has 1 amide bonds. The van der Waals surface area contributed by atoms with Crippen molar-refractivity contribution in [3.05, 3.63) is 88.7 Å². The molecule has 0 radical (unpaired) electrons. The molecule has 14 heteroatoms. The number of nitrogens with one attached hydrogen (secondary N) is 2. The number of hydrogen-bond acceptors (Lipinski definition) is 11. The molecule has 5 aromatic rings. The molecular formula is C24H16N10O4. The van der Waals surface area contributed by atoms with Gasteiger partial charge in [-0.05, 0) is 30.3 Å². The number of nitriles is 1. The van der Waals surface area contributed by atoms with E-state index in [-0.39, 0.29) is 51.2 Å². The monoisotopic (exact) mass is 508 g/mol. The molecule has 5 rings (SSSR count). The number of fused-ring (bicyclic) bond motifs is 1. The van der Waals surface area contributed by atoms with E-state index in [2.05, 4.69) is 40.6 Å². The van der Waals surface area contributed by atoms with Crippen molar-refractivity contribution >= 4 is 28.4 Å². The molecule has 0 aliphatic heterocycles. The van der Waals surface area contributed by atoms with Crippen molar-refractivity contribution in [2.75, 3.05) is 5.32 Å². The zero-order valence-corrected chi connectivity index (χ0v) is 19.2. The minimum absolute atomic E-state index is 0.0110. The number of carbonyl (C=O) groups excluding carboxylic acids is 1. The van der Waals surface area contributed by atoms with Crippen LogP contribution in [0.25, 0.3) is 17.0 Å². The molecule has 0 aliphatic carbocycles. The first-order chi connectivity index (χ1) is 18.4. The number of para-hydroxylation sites is 2. The highest BCUT2D eigenvalue weighted by Gasteiger charge is 2.27. The maximum atomic E-state index is 13.4. The quantitative estimate of drug-likeness (QED) is 0.196. The standard InChI is InChI=1S/C24H16N10O4/c25-11-13-12-28-34(24-26-8-3-9-27-24)21(13)33-32-20(23(38)30-16-4-1-2-5-18(16)36)19-22(37)31-17-10-14(35)6-7-15(17)29-19/h1-10,12,20,35-36H,(H,30,38)(H,31,37). The Balaban J connectivity index is 1.62. The van der Waals surface area contributed by atoms with E-state index < -0.39 is 17.5 Å². The van der Waals surface area contributed by atoms with Crippen LogP contribution < -0.4 is 10.9 Å². The molecule has 1 unspecified atom stereocenters. The van der Waals surface area contributed by atoms with Gasteiger partial charge in [0, 0.05) is 18.5 Å². The van der Waals surface area contributed by atoms with E-state index in [0.29, 0.717) is 0 Å². The minimum Gasteiger partial charge on any atom is -0.508 e. The van der Waals surface area contributed by atoms with Crippen LogP contribution in [0, 0.1) is 11.3 Å². The third-order valence-electron chi connectivity index (χ3n) is 5.24. The molecule has 0 saturated heterocycles. The average Bonchev–Trinajstić information content (AvgIpc) is 3.33. The lowest BCUT2D eigenvalue weighted by Crippen LogP contribution is -2.27. The van der Waals surface area contributed by atoms with Gasteiger partial charge in [0.2, 0.25) is 0 Å². The molecule has 0 fully saturated rings. The second kappa shape index (κ2) is 9.95. The Morgan fingerprint density at radius 3 is 2.68 bits per heavy atom. The van der Waals surface area contributed by atoms with E-state index in [1.54, 1.807) is 18.2 Å². The molecule has 0 saturated carbocycles. The molecule has 0 spiro atoms. The molecule has 1 atom stereocenters. The number of hydrogen-bond donors (Lipinski definition) is 4. The van der Waals surface area contributed by atoms with E-state index in [9.17, 15) is 25.1 Å². The first-order valence-corrected chi connectivity index (χ1v) is 10.9. The molecule has 3 aromatic heterocycles. The Labute approximate surface area is 212 Å². The van der Waals surface area contributed by atoms with Crippen LogP contribution in [0.4, 0.5) is 11.5 Å². The number of phenolic OH excluding ortho intramolecular Hbond substituents is 2. The molecule has 4 N–H and O–H groups in total. The largest absolute Gasteiger partial charge is 0.508 e. The third kappa shape index (κ3) is 4.62. The van der Waals surface area contributed by atoms with Crippen LogP contribution in [0.3, 0.4) is 0 Å². The summed E-state index contributed by atoms with van der Waals surface area (Å²) < 4.78 is 1.15. The van der Waals surface area contributed by atoms with Gasteiger partial charge < -0.3 is 20.5 Å². The number of rotatable bonds is 6. The second-order valence-corrected chi connectivity index (χ2v) is 7.73. The Hall–Kier alpha value is -5.97. The normalized spacial score (nSPS) is 11.9. The predicted molar refractivity (Wildman–Crippen MR) is 132 cm³/mol. The molecule has 186 valence electrons. The summed E-state index contributed by atoms with van der Waals surface area (Å²) in [6.07, 6.45) is 4.17. The van der Waals surface area contributed by atoms with Crippen LogP contribution in [-0.4, -0.2) is 45.8 Å². The molecule has 0 aliphatic rings. The van der Waals surface area contributed by atoms with Gasteiger partial charge in [0.15, 0.2) is 11.9 Å². The van der Waals surface area contributed by atoms with Crippen LogP contribution in [-0.2, 0) is 4.79 Å². The van der Waals surface area contributed by atoms with Crippen molar-refractivity contribution in [2.24, 2.45) is 10.2 Å². The highest BCUT2D eigenvalue weighted by molar-refractivity contribution is 5.96. The summed E-state index contributed by atoms with van der Waals surface area (Å²) in [6, 6.07) is 12.0. The van der Waals surface area contributed by atoms with Gasteiger partial charge in [-0.25, -0.2) is 15.0 Å². The molecule has 2 aromatic carbocycles. The maximum Gasteiger partial charge on any atom is 0.273 e. The fraction of sp³-hybridized carbons (Fsp3) is 0.0417. The van der Waals surface area contributed by atoms with Crippen molar-refractivity contribution in [1.82, 2.24) is 29.7 Å². The van der Waals surface area contributed by atoms with Crippen molar-refractivity contribution in [1.29, 1.82) is 5.26 Å². The van der Waals surface area contributed by atoms with E-state index in [1.807, 2.05) is 6.07 Å². The van der Waals surface area contributed by atoms with Gasteiger partial charge in [-0.1, -0.05) is 12.1 Å². The Morgan fingerprint density at radius 2 is 1.92 bits per heavy atom. The van der Waals surface area contributed by atoms with Crippen LogP contribution in [0.5, 0.6) is 11.5 Å². The zero-order valence-electron chi connectivity index (χ0n) is 19.2. The van der Waals surface area contributed by atoms with Gasteiger partial charge >= 0.3 is 0 Å². The van der Waals surface area contributed by atoms with E-state index in [4.69, 9.17) is 0 Å². The Morgan fingerprint density at radius 1 is 1.13 bits per heavy atom. The number of nitrogens with zero attached hydrogens (tertiary/aromatic N) is 8. The number of carbonyl (C=O) groups is 1. The lowest BCUT2D eigenvalue weighted by molar-refractivity contribution is -0.117. The number of phenols is 2.